The first kappa shape index (κ1) is 22.8. The number of hydrogen-bond donors (Lipinski definition) is 2. The first-order valence-electron chi connectivity index (χ1n) is 8.69. The van der Waals surface area contributed by atoms with E-state index < -0.39 is 17.3 Å². The number of H-pyrrole nitrogens is 1. The van der Waals surface area contributed by atoms with Crippen LogP contribution >= 0.6 is 27.5 Å². The lowest BCUT2D eigenvalue weighted by Crippen LogP contribution is -2.38. The Morgan fingerprint density at radius 1 is 1.38 bits per heavy atom. The summed E-state index contributed by atoms with van der Waals surface area (Å²) in [6.45, 7) is 5.92. The van der Waals surface area contributed by atoms with Crippen molar-refractivity contribution >= 4 is 50.2 Å². The topological polar surface area (TPSA) is 110 Å². The zero-order valence-corrected chi connectivity index (χ0v) is 19.1. The van der Waals surface area contributed by atoms with Gasteiger partial charge in [-0.25, -0.2) is 4.79 Å². The number of likely N-dealkylation sites (N-methyl/N-ethyl adjacent to an activating group) is 2. The van der Waals surface area contributed by atoms with E-state index in [-0.39, 0.29) is 32.9 Å². The van der Waals surface area contributed by atoms with Crippen molar-refractivity contribution in [3.8, 4) is 11.8 Å². The highest BCUT2D eigenvalue weighted by Gasteiger charge is 2.23. The fraction of sp³-hybridized carbons (Fsp3) is 0.421. The summed E-state index contributed by atoms with van der Waals surface area (Å²) >= 11 is 9.34. The highest BCUT2D eigenvalue weighted by molar-refractivity contribution is 9.10. The summed E-state index contributed by atoms with van der Waals surface area (Å²) in [7, 11) is 3.29. The Labute approximate surface area is 181 Å². The van der Waals surface area contributed by atoms with Gasteiger partial charge in [-0.1, -0.05) is 11.6 Å². The number of halogens is 2. The SMILES string of the molecule is CN(CCN(C)c1c(C#N)c(=O)[nH]c2c(O)c(Br)c(Cl)cc12)C(=O)OC(C)(C)C. The van der Waals surface area contributed by atoms with E-state index in [1.54, 1.807) is 45.8 Å². The maximum Gasteiger partial charge on any atom is 0.410 e. The largest absolute Gasteiger partial charge is 0.505 e. The second kappa shape index (κ2) is 8.51. The molecule has 0 saturated carbocycles. The van der Waals surface area contributed by atoms with Crippen LogP contribution in [0, 0.1) is 11.3 Å². The van der Waals surface area contributed by atoms with Crippen LogP contribution in [-0.2, 0) is 4.74 Å². The number of phenols is 1. The number of phenolic OH excluding ortho intramolecular Hbond substituents is 1. The molecule has 0 atom stereocenters. The predicted molar refractivity (Wildman–Crippen MR) is 116 cm³/mol. The van der Waals surface area contributed by atoms with Crippen LogP contribution in [0.25, 0.3) is 10.9 Å². The zero-order chi connectivity index (χ0) is 22.1. The molecule has 1 aromatic heterocycles. The Balaban J connectivity index is 2.43. The molecule has 0 spiro atoms. The maximum atomic E-state index is 12.4. The molecule has 1 amide bonds. The number of rotatable bonds is 4. The highest BCUT2D eigenvalue weighted by atomic mass is 79.9. The molecule has 0 saturated heterocycles. The lowest BCUT2D eigenvalue weighted by molar-refractivity contribution is 0.0303. The number of aromatic nitrogens is 1. The first-order valence-corrected chi connectivity index (χ1v) is 9.86. The van der Waals surface area contributed by atoms with Gasteiger partial charge in [-0.2, -0.15) is 5.26 Å². The van der Waals surface area contributed by atoms with Crippen molar-refractivity contribution in [3.63, 3.8) is 0 Å². The van der Waals surface area contributed by atoms with Gasteiger partial charge in [-0.15, -0.1) is 0 Å². The van der Waals surface area contributed by atoms with Crippen molar-refractivity contribution < 1.29 is 14.6 Å². The molecule has 0 bridgehead atoms. The third-order valence-corrected chi connectivity index (χ3v) is 5.45. The lowest BCUT2D eigenvalue weighted by Gasteiger charge is -2.27. The number of aromatic amines is 1. The molecule has 8 nitrogen and oxygen atoms in total. The second-order valence-corrected chi connectivity index (χ2v) is 8.76. The van der Waals surface area contributed by atoms with Crippen molar-refractivity contribution in [2.75, 3.05) is 32.1 Å². The van der Waals surface area contributed by atoms with Crippen LogP contribution in [0.1, 0.15) is 26.3 Å². The fourth-order valence-corrected chi connectivity index (χ4v) is 3.20. The summed E-state index contributed by atoms with van der Waals surface area (Å²) < 4.78 is 5.56. The molecular formula is C19H22BrClN4O4. The van der Waals surface area contributed by atoms with Crippen LogP contribution in [0.2, 0.25) is 5.02 Å². The van der Waals surface area contributed by atoms with Crippen molar-refractivity contribution in [1.82, 2.24) is 9.88 Å². The molecule has 2 rings (SSSR count). The number of ether oxygens (including phenoxy) is 1. The van der Waals surface area contributed by atoms with Gasteiger partial charge in [0, 0.05) is 32.6 Å². The molecule has 10 heteroatoms. The third-order valence-electron chi connectivity index (χ3n) is 4.12. The van der Waals surface area contributed by atoms with Crippen molar-refractivity contribution in [2.24, 2.45) is 0 Å². The van der Waals surface area contributed by atoms with E-state index in [0.29, 0.717) is 17.6 Å². The monoisotopic (exact) mass is 484 g/mol. The molecule has 0 aliphatic rings. The molecule has 0 fully saturated rings. The van der Waals surface area contributed by atoms with E-state index in [4.69, 9.17) is 16.3 Å². The molecule has 0 aliphatic carbocycles. The summed E-state index contributed by atoms with van der Waals surface area (Å²) in [6.07, 6.45) is -0.480. The van der Waals surface area contributed by atoms with Gasteiger partial charge >= 0.3 is 6.09 Å². The Bertz CT molecular complexity index is 1060. The number of amides is 1. The molecule has 156 valence electrons. The minimum Gasteiger partial charge on any atom is -0.505 e. The summed E-state index contributed by atoms with van der Waals surface area (Å²) in [5.41, 5.74) is -0.888. The summed E-state index contributed by atoms with van der Waals surface area (Å²) in [5.74, 6) is -0.227. The number of pyridine rings is 1. The number of carbonyl (C=O) groups excluding carboxylic acids is 1. The maximum absolute atomic E-state index is 12.4. The smallest absolute Gasteiger partial charge is 0.410 e. The van der Waals surface area contributed by atoms with Gasteiger partial charge in [0.1, 0.15) is 17.2 Å². The summed E-state index contributed by atoms with van der Waals surface area (Å²) in [4.78, 5) is 30.1. The molecule has 2 N–H and O–H groups in total. The highest BCUT2D eigenvalue weighted by Crippen LogP contribution is 2.40. The molecular weight excluding hydrogens is 464 g/mol. The Hall–Kier alpha value is -2.44. The Morgan fingerprint density at radius 3 is 2.55 bits per heavy atom. The lowest BCUT2D eigenvalue weighted by atomic mass is 10.1. The molecule has 0 radical (unpaired) electrons. The number of benzene rings is 1. The van der Waals surface area contributed by atoms with Gasteiger partial charge in [0.25, 0.3) is 5.56 Å². The quantitative estimate of drug-likeness (QED) is 0.681. The number of carbonyl (C=O) groups is 1. The van der Waals surface area contributed by atoms with Gasteiger partial charge in [0.15, 0.2) is 5.75 Å². The normalized spacial score (nSPS) is 11.2. The fourth-order valence-electron chi connectivity index (χ4n) is 2.69. The number of anilines is 1. The van der Waals surface area contributed by atoms with Gasteiger partial charge in [-0.05, 0) is 42.8 Å². The molecule has 1 heterocycles. The van der Waals surface area contributed by atoms with Crippen molar-refractivity contribution in [2.45, 2.75) is 26.4 Å². The van der Waals surface area contributed by atoms with Gasteiger partial charge in [0.05, 0.1) is 20.7 Å². The average molecular weight is 486 g/mol. The van der Waals surface area contributed by atoms with Crippen LogP contribution in [0.4, 0.5) is 10.5 Å². The minimum atomic E-state index is -0.633. The molecule has 0 aliphatic heterocycles. The molecule has 2 aromatic rings. The van der Waals surface area contributed by atoms with E-state index in [2.05, 4.69) is 20.9 Å². The zero-order valence-electron chi connectivity index (χ0n) is 16.8. The van der Waals surface area contributed by atoms with Gasteiger partial charge in [0.2, 0.25) is 0 Å². The number of nitriles is 1. The van der Waals surface area contributed by atoms with E-state index in [1.807, 2.05) is 6.07 Å². The van der Waals surface area contributed by atoms with Crippen LogP contribution in [-0.4, -0.2) is 53.9 Å². The van der Waals surface area contributed by atoms with Crippen LogP contribution in [0.5, 0.6) is 5.75 Å². The van der Waals surface area contributed by atoms with Crippen molar-refractivity contribution in [1.29, 1.82) is 5.26 Å². The number of hydrogen-bond acceptors (Lipinski definition) is 6. The number of nitrogens with one attached hydrogen (secondary N) is 1. The number of aromatic hydroxyl groups is 1. The number of nitrogens with zero attached hydrogens (tertiary/aromatic N) is 3. The summed E-state index contributed by atoms with van der Waals surface area (Å²) in [6, 6.07) is 3.46. The van der Waals surface area contributed by atoms with Crippen LogP contribution in [0.3, 0.4) is 0 Å². The van der Waals surface area contributed by atoms with E-state index in [0.717, 1.165) is 0 Å². The summed E-state index contributed by atoms with van der Waals surface area (Å²) in [5, 5.41) is 20.5. The van der Waals surface area contributed by atoms with Gasteiger partial charge in [-0.3, -0.25) is 4.79 Å². The Kier molecular flexibility index (Phi) is 6.71. The van der Waals surface area contributed by atoms with E-state index in [9.17, 15) is 20.0 Å². The molecule has 29 heavy (non-hydrogen) atoms. The standard InChI is InChI=1S/C19H22BrClN4O4/c1-19(2,3)29-18(28)25(5)7-6-24(4)15-10-8-12(21)13(20)16(26)14(10)23-17(27)11(15)9-22/h8,26H,6-7H2,1-5H3,(H,23,27). The van der Waals surface area contributed by atoms with Gasteiger partial charge < -0.3 is 24.6 Å². The predicted octanol–water partition coefficient (Wildman–Crippen LogP) is 3.82. The van der Waals surface area contributed by atoms with E-state index >= 15 is 0 Å². The number of fused-ring (bicyclic) bond motifs is 1. The van der Waals surface area contributed by atoms with Crippen LogP contribution < -0.4 is 10.5 Å². The third kappa shape index (κ3) is 4.95. The van der Waals surface area contributed by atoms with Crippen LogP contribution in [0.15, 0.2) is 15.3 Å². The molecule has 1 aromatic carbocycles. The first-order chi connectivity index (χ1) is 13.4. The van der Waals surface area contributed by atoms with E-state index in [1.165, 1.54) is 4.90 Å². The second-order valence-electron chi connectivity index (χ2n) is 7.56. The van der Waals surface area contributed by atoms with Crippen molar-refractivity contribution in [3.05, 3.63) is 31.5 Å². The molecule has 0 unspecified atom stereocenters. The Morgan fingerprint density at radius 2 is 2.00 bits per heavy atom. The minimum absolute atomic E-state index is 0.113. The average Bonchev–Trinajstić information content (AvgIpc) is 2.62.